The second kappa shape index (κ2) is 4.37. The molecule has 2 aromatic heterocycles. The van der Waals surface area contributed by atoms with Crippen molar-refractivity contribution in [2.24, 2.45) is 0 Å². The predicted octanol–water partition coefficient (Wildman–Crippen LogP) is 3.32. The van der Waals surface area contributed by atoms with E-state index in [9.17, 15) is 4.79 Å². The zero-order chi connectivity index (χ0) is 11.7. The summed E-state index contributed by atoms with van der Waals surface area (Å²) >= 11 is 1.50. The lowest BCUT2D eigenvalue weighted by Crippen LogP contribution is -2.24. The van der Waals surface area contributed by atoms with Crippen LogP contribution in [0.5, 0.6) is 0 Å². The summed E-state index contributed by atoms with van der Waals surface area (Å²) in [6.45, 7) is 0.784. The maximum Gasteiger partial charge on any atom is 0.160 e. The second-order valence-electron chi connectivity index (χ2n) is 4.26. The lowest BCUT2D eigenvalue weighted by molar-refractivity contribution is 0.112. The molecule has 0 unspecified atom stereocenters. The van der Waals surface area contributed by atoms with E-state index in [4.69, 9.17) is 4.42 Å². The molecule has 0 saturated heterocycles. The topological polar surface area (TPSA) is 33.5 Å². The number of anilines is 1. The van der Waals surface area contributed by atoms with Gasteiger partial charge in [-0.1, -0.05) is 0 Å². The van der Waals surface area contributed by atoms with Gasteiger partial charge in [0.25, 0.3) is 0 Å². The lowest BCUT2D eigenvalue weighted by Gasteiger charge is -2.21. The molecule has 17 heavy (non-hydrogen) atoms. The van der Waals surface area contributed by atoms with E-state index in [1.807, 2.05) is 23.6 Å². The summed E-state index contributed by atoms with van der Waals surface area (Å²) in [5.41, 5.74) is 1.14. The summed E-state index contributed by atoms with van der Waals surface area (Å²) in [7, 11) is 0. The summed E-state index contributed by atoms with van der Waals surface area (Å²) in [4.78, 5) is 13.8. The van der Waals surface area contributed by atoms with Crippen LogP contribution in [0.2, 0.25) is 0 Å². The van der Waals surface area contributed by atoms with Crippen LogP contribution in [-0.2, 0) is 6.54 Å². The van der Waals surface area contributed by atoms with Gasteiger partial charge < -0.3 is 9.32 Å². The number of furan rings is 1. The van der Waals surface area contributed by atoms with E-state index in [2.05, 4.69) is 4.90 Å². The molecule has 0 spiro atoms. The highest BCUT2D eigenvalue weighted by molar-refractivity contribution is 7.12. The van der Waals surface area contributed by atoms with Crippen LogP contribution in [0.25, 0.3) is 0 Å². The molecule has 3 nitrogen and oxygen atoms in total. The molecule has 1 aliphatic rings. The molecule has 0 N–H and O–H groups in total. The van der Waals surface area contributed by atoms with Gasteiger partial charge in [-0.15, -0.1) is 11.3 Å². The standard InChI is InChI=1S/C13H13NO2S/c15-8-13-6-11(9-17-13)14(10-3-4-10)7-12-2-1-5-16-12/h1-2,5-6,8-10H,3-4,7H2. The third-order valence-corrected chi connectivity index (χ3v) is 3.79. The Balaban J connectivity index is 1.82. The number of hydrogen-bond acceptors (Lipinski definition) is 4. The first-order valence-electron chi connectivity index (χ1n) is 5.69. The third-order valence-electron chi connectivity index (χ3n) is 2.95. The number of carbonyl (C=O) groups is 1. The number of hydrogen-bond donors (Lipinski definition) is 0. The van der Waals surface area contributed by atoms with Crippen molar-refractivity contribution in [3.8, 4) is 0 Å². The molecule has 3 rings (SSSR count). The fourth-order valence-electron chi connectivity index (χ4n) is 1.94. The largest absolute Gasteiger partial charge is 0.467 e. The van der Waals surface area contributed by atoms with Crippen molar-refractivity contribution in [2.45, 2.75) is 25.4 Å². The van der Waals surface area contributed by atoms with E-state index < -0.39 is 0 Å². The zero-order valence-corrected chi connectivity index (χ0v) is 10.2. The molecule has 0 bridgehead atoms. The van der Waals surface area contributed by atoms with Gasteiger partial charge in [-0.25, -0.2) is 0 Å². The monoisotopic (exact) mass is 247 g/mol. The van der Waals surface area contributed by atoms with Crippen LogP contribution in [-0.4, -0.2) is 12.3 Å². The summed E-state index contributed by atoms with van der Waals surface area (Å²) in [6, 6.07) is 6.46. The van der Waals surface area contributed by atoms with Crippen molar-refractivity contribution < 1.29 is 9.21 Å². The fraction of sp³-hybridized carbons (Fsp3) is 0.308. The highest BCUT2D eigenvalue weighted by Gasteiger charge is 2.30. The van der Waals surface area contributed by atoms with Gasteiger partial charge in [0.1, 0.15) is 5.76 Å². The summed E-state index contributed by atoms with van der Waals surface area (Å²) in [5.74, 6) is 0.968. The zero-order valence-electron chi connectivity index (χ0n) is 9.33. The highest BCUT2D eigenvalue weighted by Crippen LogP contribution is 2.35. The minimum absolute atomic E-state index is 0.606. The average molecular weight is 247 g/mol. The van der Waals surface area contributed by atoms with Crippen LogP contribution in [0.15, 0.2) is 34.3 Å². The van der Waals surface area contributed by atoms with Gasteiger partial charge in [0, 0.05) is 17.1 Å². The van der Waals surface area contributed by atoms with Crippen molar-refractivity contribution in [1.82, 2.24) is 0 Å². The van der Waals surface area contributed by atoms with Gasteiger partial charge in [0.05, 0.1) is 17.7 Å². The van der Waals surface area contributed by atoms with E-state index in [0.29, 0.717) is 6.04 Å². The van der Waals surface area contributed by atoms with E-state index in [1.54, 1.807) is 6.26 Å². The quantitative estimate of drug-likeness (QED) is 0.760. The van der Waals surface area contributed by atoms with E-state index in [0.717, 1.165) is 29.2 Å². The van der Waals surface area contributed by atoms with Gasteiger partial charge in [0.2, 0.25) is 0 Å². The minimum atomic E-state index is 0.606. The normalized spacial score (nSPS) is 14.8. The van der Waals surface area contributed by atoms with Crippen LogP contribution in [0, 0.1) is 0 Å². The first-order chi connectivity index (χ1) is 8.36. The molecule has 0 aromatic carbocycles. The molecule has 2 heterocycles. The summed E-state index contributed by atoms with van der Waals surface area (Å²) < 4.78 is 5.39. The number of thiophene rings is 1. The maximum absolute atomic E-state index is 10.7. The second-order valence-corrected chi connectivity index (χ2v) is 5.21. The number of carbonyl (C=O) groups excluding carboxylic acids is 1. The third kappa shape index (κ3) is 2.26. The van der Waals surface area contributed by atoms with Gasteiger partial charge in [-0.2, -0.15) is 0 Å². The Kier molecular flexibility index (Phi) is 2.73. The van der Waals surface area contributed by atoms with Crippen LogP contribution in [0.1, 0.15) is 28.3 Å². The molecule has 0 atom stereocenters. The first-order valence-corrected chi connectivity index (χ1v) is 6.57. The molecule has 0 amide bonds. The molecule has 1 aliphatic carbocycles. The van der Waals surface area contributed by atoms with Crippen LogP contribution in [0.4, 0.5) is 5.69 Å². The minimum Gasteiger partial charge on any atom is -0.467 e. The Morgan fingerprint density at radius 3 is 3.00 bits per heavy atom. The van der Waals surface area contributed by atoms with Crippen LogP contribution >= 0.6 is 11.3 Å². The molecule has 4 heteroatoms. The molecule has 1 fully saturated rings. The van der Waals surface area contributed by atoms with Gasteiger partial charge in [-0.3, -0.25) is 4.79 Å². The number of rotatable bonds is 5. The highest BCUT2D eigenvalue weighted by atomic mass is 32.1. The summed E-state index contributed by atoms with van der Waals surface area (Å²) in [6.07, 6.45) is 5.07. The van der Waals surface area contributed by atoms with Crippen molar-refractivity contribution in [3.63, 3.8) is 0 Å². The predicted molar refractivity (Wildman–Crippen MR) is 67.6 cm³/mol. The molecular formula is C13H13NO2S. The van der Waals surface area contributed by atoms with E-state index in [1.165, 1.54) is 24.2 Å². The molecular weight excluding hydrogens is 234 g/mol. The SMILES string of the molecule is O=Cc1cc(N(Cc2ccco2)C2CC2)cs1. The molecule has 0 radical (unpaired) electrons. The van der Waals surface area contributed by atoms with Gasteiger partial charge in [0.15, 0.2) is 6.29 Å². The van der Waals surface area contributed by atoms with E-state index in [-0.39, 0.29) is 0 Å². The van der Waals surface area contributed by atoms with Gasteiger partial charge in [-0.05, 0) is 31.0 Å². The van der Waals surface area contributed by atoms with Crippen molar-refractivity contribution in [2.75, 3.05) is 4.90 Å². The lowest BCUT2D eigenvalue weighted by atomic mass is 10.3. The molecule has 1 saturated carbocycles. The average Bonchev–Trinajstić information content (AvgIpc) is 2.88. The maximum atomic E-state index is 10.7. The Labute approximate surface area is 104 Å². The number of nitrogens with zero attached hydrogens (tertiary/aromatic N) is 1. The van der Waals surface area contributed by atoms with Crippen LogP contribution < -0.4 is 4.90 Å². The molecule has 2 aromatic rings. The Morgan fingerprint density at radius 2 is 2.41 bits per heavy atom. The van der Waals surface area contributed by atoms with Gasteiger partial charge >= 0.3 is 0 Å². The van der Waals surface area contributed by atoms with Crippen LogP contribution in [0.3, 0.4) is 0 Å². The van der Waals surface area contributed by atoms with Crippen molar-refractivity contribution in [1.29, 1.82) is 0 Å². The van der Waals surface area contributed by atoms with Crippen molar-refractivity contribution in [3.05, 3.63) is 40.5 Å². The Morgan fingerprint density at radius 1 is 1.53 bits per heavy atom. The number of aldehydes is 1. The molecule has 0 aliphatic heterocycles. The fourth-order valence-corrected chi connectivity index (χ4v) is 2.65. The molecule has 88 valence electrons. The first kappa shape index (κ1) is 10.6. The smallest absolute Gasteiger partial charge is 0.160 e. The van der Waals surface area contributed by atoms with Crippen molar-refractivity contribution >= 4 is 23.3 Å². The summed E-state index contributed by atoms with van der Waals surface area (Å²) in [5, 5.41) is 2.05. The Hall–Kier alpha value is -1.55. The van der Waals surface area contributed by atoms with E-state index >= 15 is 0 Å². The Bertz CT molecular complexity index is 499.